The number of hydrogen-bond donors (Lipinski definition) is 2. The van der Waals surface area contributed by atoms with Crippen LogP contribution in [0.2, 0.25) is 5.28 Å². The molecule has 90 valence electrons. The minimum absolute atomic E-state index is 0.0264. The molecule has 8 heteroatoms. The van der Waals surface area contributed by atoms with Gasteiger partial charge in [-0.2, -0.15) is 0 Å². The van der Waals surface area contributed by atoms with E-state index in [2.05, 4.69) is 14.7 Å². The molecule has 0 aliphatic rings. The summed E-state index contributed by atoms with van der Waals surface area (Å²) in [5.74, 6) is 0. The molecule has 0 radical (unpaired) electrons. The standard InChI is InChI=1S/C8H12ClN3O3S/c1-8(2,13)5-12-16(14,15)6-3-10-7(9)11-4-6/h3-4,12-13H,5H2,1-2H3. The highest BCUT2D eigenvalue weighted by Crippen LogP contribution is 2.08. The van der Waals surface area contributed by atoms with Crippen molar-refractivity contribution in [1.29, 1.82) is 0 Å². The van der Waals surface area contributed by atoms with Gasteiger partial charge in [-0.25, -0.2) is 23.1 Å². The van der Waals surface area contributed by atoms with E-state index in [0.717, 1.165) is 12.4 Å². The Balaban J connectivity index is 2.83. The molecule has 16 heavy (non-hydrogen) atoms. The third kappa shape index (κ3) is 4.01. The molecule has 0 atom stereocenters. The summed E-state index contributed by atoms with van der Waals surface area (Å²) < 4.78 is 25.5. The maximum Gasteiger partial charge on any atom is 0.243 e. The van der Waals surface area contributed by atoms with Crippen molar-refractivity contribution in [2.75, 3.05) is 6.54 Å². The van der Waals surface area contributed by atoms with Crippen LogP contribution in [-0.4, -0.2) is 35.6 Å². The van der Waals surface area contributed by atoms with Crippen molar-refractivity contribution >= 4 is 21.6 Å². The fourth-order valence-corrected chi connectivity index (χ4v) is 1.98. The van der Waals surface area contributed by atoms with E-state index < -0.39 is 15.6 Å². The Morgan fingerprint density at radius 1 is 1.44 bits per heavy atom. The molecule has 0 saturated heterocycles. The van der Waals surface area contributed by atoms with Crippen molar-refractivity contribution in [3.63, 3.8) is 0 Å². The van der Waals surface area contributed by atoms with E-state index in [9.17, 15) is 13.5 Å². The Morgan fingerprint density at radius 2 is 1.94 bits per heavy atom. The molecule has 1 rings (SSSR count). The van der Waals surface area contributed by atoms with Gasteiger partial charge in [-0.15, -0.1) is 0 Å². The van der Waals surface area contributed by atoms with Crippen LogP contribution < -0.4 is 4.72 Å². The molecule has 0 spiro atoms. The van der Waals surface area contributed by atoms with Crippen LogP contribution in [0.25, 0.3) is 0 Å². The summed E-state index contributed by atoms with van der Waals surface area (Å²) in [6.45, 7) is 2.89. The highest BCUT2D eigenvalue weighted by atomic mass is 35.5. The molecule has 1 aromatic rings. The van der Waals surface area contributed by atoms with E-state index in [0.29, 0.717) is 0 Å². The van der Waals surface area contributed by atoms with Crippen molar-refractivity contribution in [1.82, 2.24) is 14.7 Å². The molecular formula is C8H12ClN3O3S. The molecule has 0 bridgehead atoms. The van der Waals surface area contributed by atoms with Gasteiger partial charge in [0.1, 0.15) is 4.90 Å². The van der Waals surface area contributed by atoms with Crippen LogP contribution in [-0.2, 0) is 10.0 Å². The maximum atomic E-state index is 11.6. The summed E-state index contributed by atoms with van der Waals surface area (Å²) in [5, 5.41) is 9.37. The monoisotopic (exact) mass is 265 g/mol. The number of nitrogens with zero attached hydrogens (tertiary/aromatic N) is 2. The second kappa shape index (κ2) is 4.62. The van der Waals surface area contributed by atoms with Crippen LogP contribution in [0.5, 0.6) is 0 Å². The van der Waals surface area contributed by atoms with Gasteiger partial charge in [0.05, 0.1) is 18.0 Å². The molecule has 0 aliphatic carbocycles. The van der Waals surface area contributed by atoms with Gasteiger partial charge >= 0.3 is 0 Å². The second-order valence-electron chi connectivity index (χ2n) is 3.82. The van der Waals surface area contributed by atoms with Gasteiger partial charge in [-0.3, -0.25) is 0 Å². The first kappa shape index (κ1) is 13.3. The Morgan fingerprint density at radius 3 is 2.38 bits per heavy atom. The smallest absolute Gasteiger partial charge is 0.243 e. The minimum Gasteiger partial charge on any atom is -0.389 e. The second-order valence-corrected chi connectivity index (χ2v) is 5.93. The molecular weight excluding hydrogens is 254 g/mol. The lowest BCUT2D eigenvalue weighted by Gasteiger charge is -2.17. The lowest BCUT2D eigenvalue weighted by Crippen LogP contribution is -2.38. The first-order chi connectivity index (χ1) is 7.21. The number of sulfonamides is 1. The molecule has 0 fully saturated rings. The average Bonchev–Trinajstić information content (AvgIpc) is 2.15. The highest BCUT2D eigenvalue weighted by Gasteiger charge is 2.20. The van der Waals surface area contributed by atoms with Crippen LogP contribution in [0, 0.1) is 0 Å². The predicted octanol–water partition coefficient (Wildman–Crippen LogP) is 0.179. The fourth-order valence-electron chi connectivity index (χ4n) is 0.794. The number of hydrogen-bond acceptors (Lipinski definition) is 5. The lowest BCUT2D eigenvalue weighted by molar-refractivity contribution is 0.0857. The Bertz CT molecular complexity index is 452. The van der Waals surface area contributed by atoms with Gasteiger partial charge in [0.2, 0.25) is 15.3 Å². The van der Waals surface area contributed by atoms with Crippen molar-refractivity contribution < 1.29 is 13.5 Å². The van der Waals surface area contributed by atoms with E-state index in [4.69, 9.17) is 11.6 Å². The average molecular weight is 266 g/mol. The maximum absolute atomic E-state index is 11.6. The molecule has 0 aromatic carbocycles. The van der Waals surface area contributed by atoms with E-state index in [1.807, 2.05) is 0 Å². The topological polar surface area (TPSA) is 92.2 Å². The van der Waals surface area contributed by atoms with Gasteiger partial charge in [-0.05, 0) is 25.4 Å². The van der Waals surface area contributed by atoms with E-state index in [1.54, 1.807) is 0 Å². The minimum atomic E-state index is -3.70. The summed E-state index contributed by atoms with van der Waals surface area (Å²) in [5.41, 5.74) is -1.12. The predicted molar refractivity (Wildman–Crippen MR) is 58.5 cm³/mol. The fraction of sp³-hybridized carbons (Fsp3) is 0.500. The first-order valence-electron chi connectivity index (χ1n) is 4.40. The van der Waals surface area contributed by atoms with Crippen LogP contribution >= 0.6 is 11.6 Å². The van der Waals surface area contributed by atoms with Gasteiger partial charge in [0.25, 0.3) is 0 Å². The Hall–Kier alpha value is -0.760. The number of aromatic nitrogens is 2. The lowest BCUT2D eigenvalue weighted by atomic mass is 10.1. The summed E-state index contributed by atoms with van der Waals surface area (Å²) in [7, 11) is -3.70. The van der Waals surface area contributed by atoms with Crippen LogP contribution in [0.15, 0.2) is 17.3 Å². The zero-order chi connectivity index (χ0) is 12.4. The van der Waals surface area contributed by atoms with E-state index in [1.165, 1.54) is 13.8 Å². The summed E-state index contributed by atoms with van der Waals surface area (Å²) in [6.07, 6.45) is 2.20. The quantitative estimate of drug-likeness (QED) is 0.758. The molecule has 2 N–H and O–H groups in total. The van der Waals surface area contributed by atoms with Crippen LogP contribution in [0.1, 0.15) is 13.8 Å². The molecule has 0 aliphatic heterocycles. The Kier molecular flexibility index (Phi) is 3.84. The van der Waals surface area contributed by atoms with Gasteiger partial charge in [0.15, 0.2) is 0 Å². The van der Waals surface area contributed by atoms with Crippen molar-refractivity contribution in [2.24, 2.45) is 0 Å². The van der Waals surface area contributed by atoms with E-state index >= 15 is 0 Å². The molecule has 6 nitrogen and oxygen atoms in total. The molecule has 1 aromatic heterocycles. The van der Waals surface area contributed by atoms with Crippen molar-refractivity contribution in [3.8, 4) is 0 Å². The summed E-state index contributed by atoms with van der Waals surface area (Å²) in [6, 6.07) is 0. The number of nitrogens with one attached hydrogen (secondary N) is 1. The SMILES string of the molecule is CC(C)(O)CNS(=O)(=O)c1cnc(Cl)nc1. The number of aliphatic hydroxyl groups is 1. The zero-order valence-corrected chi connectivity index (χ0v) is 10.4. The van der Waals surface area contributed by atoms with E-state index in [-0.39, 0.29) is 16.7 Å². The van der Waals surface area contributed by atoms with Crippen LogP contribution in [0.3, 0.4) is 0 Å². The van der Waals surface area contributed by atoms with Crippen LogP contribution in [0.4, 0.5) is 0 Å². The largest absolute Gasteiger partial charge is 0.389 e. The van der Waals surface area contributed by atoms with Crippen molar-refractivity contribution in [3.05, 3.63) is 17.7 Å². The highest BCUT2D eigenvalue weighted by molar-refractivity contribution is 7.89. The number of rotatable bonds is 4. The van der Waals surface area contributed by atoms with Gasteiger partial charge in [0, 0.05) is 6.54 Å². The number of halogens is 1. The molecule has 0 saturated carbocycles. The molecule has 0 unspecified atom stereocenters. The molecule has 0 amide bonds. The van der Waals surface area contributed by atoms with Gasteiger partial charge in [-0.1, -0.05) is 0 Å². The third-order valence-corrected chi connectivity index (χ3v) is 3.15. The normalized spacial score (nSPS) is 12.8. The summed E-state index contributed by atoms with van der Waals surface area (Å²) in [4.78, 5) is 7.03. The van der Waals surface area contributed by atoms with Crippen molar-refractivity contribution in [2.45, 2.75) is 24.3 Å². The first-order valence-corrected chi connectivity index (χ1v) is 6.26. The molecule has 1 heterocycles. The Labute approximate surface area is 98.7 Å². The zero-order valence-electron chi connectivity index (χ0n) is 8.81. The van der Waals surface area contributed by atoms with Gasteiger partial charge < -0.3 is 5.11 Å². The third-order valence-electron chi connectivity index (χ3n) is 1.60. The summed E-state index contributed by atoms with van der Waals surface area (Å²) >= 11 is 5.43.